The van der Waals surface area contributed by atoms with Crippen LogP contribution in [0, 0.1) is 23.7 Å². The van der Waals surface area contributed by atoms with Crippen LogP contribution in [0.15, 0.2) is 12.8 Å². The molecule has 0 bridgehead atoms. The number of nitrogens with zero attached hydrogens (tertiary/aromatic N) is 1. The van der Waals surface area contributed by atoms with E-state index in [9.17, 15) is 0 Å². The maximum Gasteiger partial charge on any atom is 0.0207 e. The lowest BCUT2D eigenvalue weighted by atomic mass is 10.1. The monoisotopic (exact) mass is 151 g/mol. The quantitative estimate of drug-likeness (QED) is 0.583. The fourth-order valence-corrected chi connectivity index (χ4v) is 2.74. The number of rotatable bonds is 2. The predicted molar refractivity (Wildman–Crippen MR) is 47.1 cm³/mol. The summed E-state index contributed by atoms with van der Waals surface area (Å²) in [5, 5.41) is 0. The van der Waals surface area contributed by atoms with E-state index in [0.717, 1.165) is 23.7 Å². The fraction of sp³-hybridized carbons (Fsp3) is 0.800. The maximum atomic E-state index is 3.79. The molecule has 0 radical (unpaired) electrons. The molecular formula is C10H17N. The SMILES string of the molecule is C=CN1CC2C(C1)C2C(C)C. The summed E-state index contributed by atoms with van der Waals surface area (Å²) in [5.74, 6) is 3.95. The Balaban J connectivity index is 1.90. The molecule has 1 nitrogen and oxygen atoms in total. The highest BCUT2D eigenvalue weighted by Crippen LogP contribution is 2.55. The molecule has 0 amide bonds. The van der Waals surface area contributed by atoms with Crippen molar-refractivity contribution in [3.05, 3.63) is 12.8 Å². The van der Waals surface area contributed by atoms with Crippen molar-refractivity contribution >= 4 is 0 Å². The highest BCUT2D eigenvalue weighted by molar-refractivity contribution is 5.07. The highest BCUT2D eigenvalue weighted by atomic mass is 15.2. The molecule has 1 heteroatoms. The Labute approximate surface area is 69.1 Å². The topological polar surface area (TPSA) is 3.24 Å². The number of hydrogen-bond donors (Lipinski definition) is 0. The molecule has 0 spiro atoms. The summed E-state index contributed by atoms with van der Waals surface area (Å²) in [5.41, 5.74) is 0. The van der Waals surface area contributed by atoms with E-state index >= 15 is 0 Å². The van der Waals surface area contributed by atoms with Gasteiger partial charge in [-0.25, -0.2) is 0 Å². The van der Waals surface area contributed by atoms with Crippen molar-refractivity contribution in [2.24, 2.45) is 23.7 Å². The van der Waals surface area contributed by atoms with E-state index in [2.05, 4.69) is 25.3 Å². The summed E-state index contributed by atoms with van der Waals surface area (Å²) in [4.78, 5) is 2.36. The van der Waals surface area contributed by atoms with E-state index < -0.39 is 0 Å². The average Bonchev–Trinajstić information content (AvgIpc) is 2.48. The summed E-state index contributed by atoms with van der Waals surface area (Å²) in [7, 11) is 0. The van der Waals surface area contributed by atoms with Crippen LogP contribution in [0.4, 0.5) is 0 Å². The maximum absolute atomic E-state index is 3.79. The van der Waals surface area contributed by atoms with Gasteiger partial charge in [-0.15, -0.1) is 0 Å². The van der Waals surface area contributed by atoms with Crippen LogP contribution in [0.2, 0.25) is 0 Å². The third-order valence-corrected chi connectivity index (χ3v) is 3.32. The van der Waals surface area contributed by atoms with E-state index in [1.807, 2.05) is 6.20 Å². The Kier molecular flexibility index (Phi) is 1.48. The predicted octanol–water partition coefficient (Wildman–Crippen LogP) is 1.96. The lowest BCUT2D eigenvalue weighted by molar-refractivity contribution is 0.346. The molecule has 0 aromatic rings. The average molecular weight is 151 g/mol. The minimum atomic E-state index is 0.900. The van der Waals surface area contributed by atoms with Gasteiger partial charge < -0.3 is 4.90 Å². The Morgan fingerprint density at radius 1 is 1.36 bits per heavy atom. The van der Waals surface area contributed by atoms with E-state index in [1.165, 1.54) is 13.1 Å². The largest absolute Gasteiger partial charge is 0.377 e. The lowest BCUT2D eigenvalue weighted by Gasteiger charge is -2.17. The third kappa shape index (κ3) is 0.979. The molecule has 1 saturated carbocycles. The van der Waals surface area contributed by atoms with Crippen molar-refractivity contribution in [3.8, 4) is 0 Å². The van der Waals surface area contributed by atoms with Crippen LogP contribution in [0.3, 0.4) is 0 Å². The number of fused-ring (bicyclic) bond motifs is 1. The molecule has 2 fully saturated rings. The van der Waals surface area contributed by atoms with Gasteiger partial charge in [0.25, 0.3) is 0 Å². The molecule has 1 heterocycles. The molecule has 62 valence electrons. The first-order valence-corrected chi connectivity index (χ1v) is 4.60. The highest BCUT2D eigenvalue weighted by Gasteiger charge is 2.55. The second-order valence-corrected chi connectivity index (χ2v) is 4.29. The van der Waals surface area contributed by atoms with Gasteiger partial charge in [-0.2, -0.15) is 0 Å². The van der Waals surface area contributed by atoms with Crippen molar-refractivity contribution < 1.29 is 0 Å². The Morgan fingerprint density at radius 3 is 2.27 bits per heavy atom. The van der Waals surface area contributed by atoms with E-state index in [4.69, 9.17) is 0 Å². The van der Waals surface area contributed by atoms with Gasteiger partial charge in [0.2, 0.25) is 0 Å². The van der Waals surface area contributed by atoms with E-state index in [-0.39, 0.29) is 0 Å². The molecule has 2 aliphatic rings. The van der Waals surface area contributed by atoms with Crippen molar-refractivity contribution in [2.45, 2.75) is 13.8 Å². The lowest BCUT2D eigenvalue weighted by Crippen LogP contribution is -2.19. The smallest absolute Gasteiger partial charge is 0.0207 e. The van der Waals surface area contributed by atoms with Crippen LogP contribution < -0.4 is 0 Å². The Hall–Kier alpha value is -0.460. The van der Waals surface area contributed by atoms with Crippen LogP contribution >= 0.6 is 0 Å². The van der Waals surface area contributed by atoms with Gasteiger partial charge >= 0.3 is 0 Å². The fourth-order valence-electron chi connectivity index (χ4n) is 2.74. The Morgan fingerprint density at radius 2 is 1.91 bits per heavy atom. The molecule has 0 N–H and O–H groups in total. The van der Waals surface area contributed by atoms with Gasteiger partial charge in [-0.3, -0.25) is 0 Å². The van der Waals surface area contributed by atoms with Gasteiger partial charge in [0.15, 0.2) is 0 Å². The van der Waals surface area contributed by atoms with Gasteiger partial charge in [0.05, 0.1) is 0 Å². The van der Waals surface area contributed by atoms with Gasteiger partial charge in [-0.05, 0) is 29.9 Å². The van der Waals surface area contributed by atoms with Crippen LogP contribution in [-0.4, -0.2) is 18.0 Å². The standard InChI is InChI=1S/C10H17N/c1-4-11-5-8-9(6-11)10(8)7(2)3/h4,7-10H,1,5-6H2,2-3H3. The minimum absolute atomic E-state index is 0.900. The van der Waals surface area contributed by atoms with Crippen LogP contribution in [0.5, 0.6) is 0 Å². The number of hydrogen-bond acceptors (Lipinski definition) is 1. The van der Waals surface area contributed by atoms with Crippen molar-refractivity contribution in [2.75, 3.05) is 13.1 Å². The molecule has 11 heavy (non-hydrogen) atoms. The molecule has 2 atom stereocenters. The first-order valence-electron chi connectivity index (χ1n) is 4.60. The zero-order chi connectivity index (χ0) is 8.01. The number of piperidine rings is 1. The summed E-state index contributed by atoms with van der Waals surface area (Å²) in [6.45, 7) is 11.0. The summed E-state index contributed by atoms with van der Waals surface area (Å²) < 4.78 is 0. The molecule has 0 aromatic heterocycles. The van der Waals surface area contributed by atoms with E-state index in [1.54, 1.807) is 0 Å². The van der Waals surface area contributed by atoms with Crippen molar-refractivity contribution in [1.82, 2.24) is 4.90 Å². The van der Waals surface area contributed by atoms with Gasteiger partial charge in [0.1, 0.15) is 0 Å². The molecule has 1 aliphatic heterocycles. The van der Waals surface area contributed by atoms with Gasteiger partial charge in [0, 0.05) is 13.1 Å². The molecular weight excluding hydrogens is 134 g/mol. The first kappa shape index (κ1) is 7.20. The second kappa shape index (κ2) is 2.26. The van der Waals surface area contributed by atoms with Crippen LogP contribution in [-0.2, 0) is 0 Å². The molecule has 1 aliphatic carbocycles. The number of likely N-dealkylation sites (tertiary alicyclic amines) is 1. The van der Waals surface area contributed by atoms with Crippen LogP contribution in [0.25, 0.3) is 0 Å². The molecule has 2 rings (SSSR count). The minimum Gasteiger partial charge on any atom is -0.377 e. The molecule has 1 saturated heterocycles. The van der Waals surface area contributed by atoms with E-state index in [0.29, 0.717) is 0 Å². The Bertz CT molecular complexity index is 162. The zero-order valence-corrected chi connectivity index (χ0v) is 7.46. The summed E-state index contributed by atoms with van der Waals surface area (Å²) in [6, 6.07) is 0. The molecule has 0 aromatic carbocycles. The second-order valence-electron chi connectivity index (χ2n) is 4.29. The summed E-state index contributed by atoms with van der Waals surface area (Å²) >= 11 is 0. The van der Waals surface area contributed by atoms with Crippen molar-refractivity contribution in [3.63, 3.8) is 0 Å². The third-order valence-electron chi connectivity index (χ3n) is 3.32. The van der Waals surface area contributed by atoms with Gasteiger partial charge in [-0.1, -0.05) is 20.4 Å². The van der Waals surface area contributed by atoms with Crippen molar-refractivity contribution in [1.29, 1.82) is 0 Å². The first-order chi connectivity index (χ1) is 5.24. The summed E-state index contributed by atoms with van der Waals surface area (Å²) in [6.07, 6.45) is 1.99. The normalized spacial score (nSPS) is 41.0. The van der Waals surface area contributed by atoms with Crippen LogP contribution in [0.1, 0.15) is 13.8 Å². The zero-order valence-electron chi connectivity index (χ0n) is 7.46. The molecule has 2 unspecified atom stereocenters.